The van der Waals surface area contributed by atoms with E-state index in [4.69, 9.17) is 5.11 Å². The van der Waals surface area contributed by atoms with Crippen LogP contribution in [0.1, 0.15) is 35.1 Å². The Labute approximate surface area is 120 Å². The summed E-state index contributed by atoms with van der Waals surface area (Å²) in [6, 6.07) is 9.60. The highest BCUT2D eigenvalue weighted by atomic mass is 79.9. The van der Waals surface area contributed by atoms with Crippen molar-refractivity contribution in [3.8, 4) is 0 Å². The number of carboxylic acids is 1. The van der Waals surface area contributed by atoms with Gasteiger partial charge in [0.2, 0.25) is 0 Å². The maximum atomic E-state index is 11.0. The van der Waals surface area contributed by atoms with Gasteiger partial charge in [-0.05, 0) is 30.2 Å². The standard InChI is InChI=1S/C14H15BrN2O2/c1-2-3-12-8-13(14(18)19)16-17(12)9-10-4-6-11(15)7-5-10/h4-8H,2-3,9H2,1H3,(H,18,19). The van der Waals surface area contributed by atoms with Gasteiger partial charge in [0.05, 0.1) is 6.54 Å². The monoisotopic (exact) mass is 322 g/mol. The smallest absolute Gasteiger partial charge is 0.356 e. The molecule has 0 spiro atoms. The van der Waals surface area contributed by atoms with Crippen molar-refractivity contribution in [2.75, 3.05) is 0 Å². The molecular formula is C14H15BrN2O2. The molecule has 0 atom stereocenters. The van der Waals surface area contributed by atoms with Gasteiger partial charge in [0.1, 0.15) is 0 Å². The number of hydrogen-bond donors (Lipinski definition) is 1. The van der Waals surface area contributed by atoms with E-state index in [1.165, 1.54) is 0 Å². The second-order valence-electron chi connectivity index (χ2n) is 4.36. The predicted octanol–water partition coefficient (Wildman–Crippen LogP) is 3.34. The van der Waals surface area contributed by atoms with Crippen LogP contribution >= 0.6 is 15.9 Å². The van der Waals surface area contributed by atoms with E-state index in [-0.39, 0.29) is 5.69 Å². The summed E-state index contributed by atoms with van der Waals surface area (Å²) in [6.07, 6.45) is 1.79. The van der Waals surface area contributed by atoms with Gasteiger partial charge in [0.15, 0.2) is 5.69 Å². The van der Waals surface area contributed by atoms with E-state index in [1.807, 2.05) is 24.3 Å². The molecule has 1 aromatic heterocycles. The van der Waals surface area contributed by atoms with Crippen molar-refractivity contribution in [1.29, 1.82) is 0 Å². The molecule has 0 amide bonds. The molecule has 2 aromatic rings. The molecule has 0 saturated carbocycles. The predicted molar refractivity (Wildman–Crippen MR) is 76.4 cm³/mol. The van der Waals surface area contributed by atoms with Gasteiger partial charge in [-0.1, -0.05) is 41.4 Å². The minimum atomic E-state index is -0.980. The van der Waals surface area contributed by atoms with Crippen LogP contribution in [0.25, 0.3) is 0 Å². The summed E-state index contributed by atoms with van der Waals surface area (Å²) in [5.74, 6) is -0.980. The van der Waals surface area contributed by atoms with Gasteiger partial charge in [0, 0.05) is 10.2 Å². The van der Waals surface area contributed by atoms with Gasteiger partial charge >= 0.3 is 5.97 Å². The van der Waals surface area contributed by atoms with Gasteiger partial charge in [-0.15, -0.1) is 0 Å². The maximum Gasteiger partial charge on any atom is 0.356 e. The molecule has 19 heavy (non-hydrogen) atoms. The number of aryl methyl sites for hydroxylation is 1. The number of hydrogen-bond acceptors (Lipinski definition) is 2. The zero-order chi connectivity index (χ0) is 13.8. The number of rotatable bonds is 5. The van der Waals surface area contributed by atoms with Crippen LogP contribution in [0.2, 0.25) is 0 Å². The second-order valence-corrected chi connectivity index (χ2v) is 5.28. The lowest BCUT2D eigenvalue weighted by molar-refractivity contribution is 0.0689. The van der Waals surface area contributed by atoms with Crippen LogP contribution in [0, 0.1) is 0 Å². The first kappa shape index (κ1) is 13.8. The van der Waals surface area contributed by atoms with Gasteiger partial charge < -0.3 is 5.11 Å². The molecule has 0 aliphatic carbocycles. The van der Waals surface area contributed by atoms with Gasteiger partial charge in [-0.2, -0.15) is 5.10 Å². The Hall–Kier alpha value is -1.62. The van der Waals surface area contributed by atoms with Crippen LogP contribution in [-0.2, 0) is 13.0 Å². The summed E-state index contributed by atoms with van der Waals surface area (Å²) in [5, 5.41) is 13.2. The van der Waals surface area contributed by atoms with E-state index in [0.717, 1.165) is 28.6 Å². The molecule has 1 heterocycles. The van der Waals surface area contributed by atoms with E-state index in [0.29, 0.717) is 6.54 Å². The van der Waals surface area contributed by atoms with Gasteiger partial charge in [0.25, 0.3) is 0 Å². The normalized spacial score (nSPS) is 10.6. The summed E-state index contributed by atoms with van der Waals surface area (Å²) < 4.78 is 2.80. The summed E-state index contributed by atoms with van der Waals surface area (Å²) in [4.78, 5) is 11.0. The molecule has 0 aliphatic heterocycles. The molecule has 1 aromatic carbocycles. The molecule has 0 bridgehead atoms. The van der Waals surface area contributed by atoms with Crippen LogP contribution in [0.5, 0.6) is 0 Å². The second kappa shape index (κ2) is 6.02. The van der Waals surface area contributed by atoms with Crippen molar-refractivity contribution < 1.29 is 9.90 Å². The third-order valence-electron chi connectivity index (χ3n) is 2.83. The molecule has 100 valence electrons. The lowest BCUT2D eigenvalue weighted by atomic mass is 10.2. The van der Waals surface area contributed by atoms with Gasteiger partial charge in [-0.25, -0.2) is 4.79 Å². The number of aromatic carboxylic acids is 1. The molecule has 0 fully saturated rings. The molecule has 2 rings (SSSR count). The number of aromatic nitrogens is 2. The Morgan fingerprint density at radius 2 is 2.05 bits per heavy atom. The highest BCUT2D eigenvalue weighted by molar-refractivity contribution is 9.10. The first-order chi connectivity index (χ1) is 9.10. The third-order valence-corrected chi connectivity index (χ3v) is 3.36. The van der Waals surface area contributed by atoms with Crippen molar-refractivity contribution in [2.45, 2.75) is 26.3 Å². The Morgan fingerprint density at radius 1 is 1.37 bits per heavy atom. The Bertz CT molecular complexity index is 576. The van der Waals surface area contributed by atoms with Crippen LogP contribution in [0.3, 0.4) is 0 Å². The Kier molecular flexibility index (Phi) is 4.37. The first-order valence-electron chi connectivity index (χ1n) is 6.14. The SMILES string of the molecule is CCCc1cc(C(=O)O)nn1Cc1ccc(Br)cc1. The summed E-state index contributed by atoms with van der Waals surface area (Å²) in [5.41, 5.74) is 2.17. The average molecular weight is 323 g/mol. The average Bonchev–Trinajstić information content (AvgIpc) is 2.76. The molecule has 5 heteroatoms. The fourth-order valence-electron chi connectivity index (χ4n) is 1.92. The minimum Gasteiger partial charge on any atom is -0.476 e. The maximum absolute atomic E-state index is 11.0. The van der Waals surface area contributed by atoms with Crippen LogP contribution in [0.4, 0.5) is 0 Å². The van der Waals surface area contributed by atoms with E-state index in [2.05, 4.69) is 28.0 Å². The number of benzene rings is 1. The summed E-state index contributed by atoms with van der Waals surface area (Å²) >= 11 is 3.39. The quantitative estimate of drug-likeness (QED) is 0.918. The number of halogens is 1. The van der Waals surface area contributed by atoms with E-state index in [9.17, 15) is 4.79 Å². The van der Waals surface area contributed by atoms with Crippen molar-refractivity contribution in [3.63, 3.8) is 0 Å². The molecule has 0 radical (unpaired) electrons. The highest BCUT2D eigenvalue weighted by Crippen LogP contribution is 2.14. The van der Waals surface area contributed by atoms with E-state index >= 15 is 0 Å². The minimum absolute atomic E-state index is 0.112. The fourth-order valence-corrected chi connectivity index (χ4v) is 2.18. The molecule has 0 aliphatic rings. The zero-order valence-corrected chi connectivity index (χ0v) is 12.2. The van der Waals surface area contributed by atoms with Crippen molar-refractivity contribution in [2.24, 2.45) is 0 Å². The van der Waals surface area contributed by atoms with Crippen molar-refractivity contribution in [1.82, 2.24) is 9.78 Å². The molecule has 0 unspecified atom stereocenters. The number of nitrogens with zero attached hydrogens (tertiary/aromatic N) is 2. The highest BCUT2D eigenvalue weighted by Gasteiger charge is 2.12. The lowest BCUT2D eigenvalue weighted by Crippen LogP contribution is -2.07. The van der Waals surface area contributed by atoms with Gasteiger partial charge in [-0.3, -0.25) is 4.68 Å². The van der Waals surface area contributed by atoms with Crippen LogP contribution in [0.15, 0.2) is 34.8 Å². The zero-order valence-electron chi connectivity index (χ0n) is 10.6. The summed E-state index contributed by atoms with van der Waals surface area (Å²) in [7, 11) is 0. The van der Waals surface area contributed by atoms with E-state index in [1.54, 1.807) is 10.7 Å². The van der Waals surface area contributed by atoms with E-state index < -0.39 is 5.97 Å². The Morgan fingerprint density at radius 3 is 2.63 bits per heavy atom. The molecule has 0 saturated heterocycles. The summed E-state index contributed by atoms with van der Waals surface area (Å²) in [6.45, 7) is 2.66. The van der Waals surface area contributed by atoms with Crippen LogP contribution < -0.4 is 0 Å². The third kappa shape index (κ3) is 3.44. The van der Waals surface area contributed by atoms with Crippen molar-refractivity contribution in [3.05, 3.63) is 51.8 Å². The number of carboxylic acid groups (broad SMARTS) is 1. The number of carbonyl (C=O) groups is 1. The van der Waals surface area contributed by atoms with Crippen LogP contribution in [-0.4, -0.2) is 20.9 Å². The first-order valence-corrected chi connectivity index (χ1v) is 6.94. The largest absolute Gasteiger partial charge is 0.476 e. The molecule has 4 nitrogen and oxygen atoms in total. The fraction of sp³-hybridized carbons (Fsp3) is 0.286. The van der Waals surface area contributed by atoms with Crippen molar-refractivity contribution >= 4 is 21.9 Å². The lowest BCUT2D eigenvalue weighted by Gasteiger charge is -2.06. The molecule has 1 N–H and O–H groups in total. The Balaban J connectivity index is 2.27. The topological polar surface area (TPSA) is 55.1 Å². The molecular weight excluding hydrogens is 308 g/mol.